The van der Waals surface area contributed by atoms with E-state index in [9.17, 15) is 0 Å². The standard InChI is InChI=1S/C12H20N4/c1-3-16-8-4-5-11(9-16)15-12-13-7-6-10(2)14-12/h6-7,11H,3-5,8-9H2,1-2H3,(H,13,14,15). The van der Waals surface area contributed by atoms with Crippen molar-refractivity contribution in [3.05, 3.63) is 18.0 Å². The quantitative estimate of drug-likeness (QED) is 0.841. The summed E-state index contributed by atoms with van der Waals surface area (Å²) in [4.78, 5) is 11.1. The number of anilines is 1. The van der Waals surface area contributed by atoms with Crippen LogP contribution in [0, 0.1) is 6.92 Å². The maximum Gasteiger partial charge on any atom is 0.223 e. The van der Waals surface area contributed by atoms with Gasteiger partial charge in [-0.1, -0.05) is 6.92 Å². The van der Waals surface area contributed by atoms with Crippen LogP contribution in [0.2, 0.25) is 0 Å². The lowest BCUT2D eigenvalue weighted by Gasteiger charge is -2.32. The number of aryl methyl sites for hydroxylation is 1. The Labute approximate surface area is 97.1 Å². The van der Waals surface area contributed by atoms with E-state index in [0.717, 1.165) is 24.7 Å². The van der Waals surface area contributed by atoms with Gasteiger partial charge in [0.05, 0.1) is 0 Å². The molecule has 1 aromatic heterocycles. The molecule has 1 saturated heterocycles. The first kappa shape index (κ1) is 11.3. The first-order valence-corrected chi connectivity index (χ1v) is 6.06. The Morgan fingerprint density at radius 2 is 2.44 bits per heavy atom. The Balaban J connectivity index is 1.94. The zero-order chi connectivity index (χ0) is 11.4. The molecular weight excluding hydrogens is 200 g/mol. The highest BCUT2D eigenvalue weighted by molar-refractivity contribution is 5.26. The molecule has 4 nitrogen and oxygen atoms in total. The molecule has 0 bridgehead atoms. The van der Waals surface area contributed by atoms with E-state index >= 15 is 0 Å². The van der Waals surface area contributed by atoms with Gasteiger partial charge in [-0.3, -0.25) is 0 Å². The van der Waals surface area contributed by atoms with E-state index in [2.05, 4.69) is 27.1 Å². The van der Waals surface area contributed by atoms with Crippen molar-refractivity contribution >= 4 is 5.95 Å². The van der Waals surface area contributed by atoms with Gasteiger partial charge in [-0.25, -0.2) is 9.97 Å². The SMILES string of the molecule is CCN1CCCC(Nc2nccc(C)n2)C1. The molecule has 2 rings (SSSR count). The van der Waals surface area contributed by atoms with Gasteiger partial charge in [0.1, 0.15) is 0 Å². The summed E-state index contributed by atoms with van der Waals surface area (Å²) in [5, 5.41) is 3.42. The summed E-state index contributed by atoms with van der Waals surface area (Å²) in [6.45, 7) is 7.67. The highest BCUT2D eigenvalue weighted by atomic mass is 15.2. The first-order chi connectivity index (χ1) is 7.78. The third-order valence-electron chi connectivity index (χ3n) is 3.08. The van der Waals surface area contributed by atoms with Gasteiger partial charge in [0.25, 0.3) is 0 Å². The molecule has 2 heterocycles. The summed E-state index contributed by atoms with van der Waals surface area (Å²) in [5.74, 6) is 0.767. The van der Waals surface area contributed by atoms with Crippen LogP contribution >= 0.6 is 0 Å². The Kier molecular flexibility index (Phi) is 3.72. The molecule has 1 aliphatic rings. The van der Waals surface area contributed by atoms with Gasteiger partial charge in [0.15, 0.2) is 0 Å². The second-order valence-electron chi connectivity index (χ2n) is 4.40. The fraction of sp³-hybridized carbons (Fsp3) is 0.667. The minimum atomic E-state index is 0.496. The average Bonchev–Trinajstić information content (AvgIpc) is 2.29. The van der Waals surface area contributed by atoms with Gasteiger partial charge in [-0.2, -0.15) is 0 Å². The molecule has 0 saturated carbocycles. The van der Waals surface area contributed by atoms with Crippen LogP contribution in [0.15, 0.2) is 12.3 Å². The number of hydrogen-bond acceptors (Lipinski definition) is 4. The van der Waals surface area contributed by atoms with Crippen molar-refractivity contribution in [1.29, 1.82) is 0 Å². The van der Waals surface area contributed by atoms with Crippen LogP contribution in [0.1, 0.15) is 25.5 Å². The van der Waals surface area contributed by atoms with Gasteiger partial charge < -0.3 is 10.2 Å². The van der Waals surface area contributed by atoms with Crippen LogP contribution in [0.4, 0.5) is 5.95 Å². The van der Waals surface area contributed by atoms with Crippen molar-refractivity contribution < 1.29 is 0 Å². The van der Waals surface area contributed by atoms with Crippen LogP contribution in [0.3, 0.4) is 0 Å². The number of piperidine rings is 1. The fourth-order valence-electron chi connectivity index (χ4n) is 2.16. The zero-order valence-electron chi connectivity index (χ0n) is 10.1. The summed E-state index contributed by atoms with van der Waals surface area (Å²) < 4.78 is 0. The molecule has 1 fully saturated rings. The maximum atomic E-state index is 4.38. The van der Waals surface area contributed by atoms with Crippen molar-refractivity contribution in [2.75, 3.05) is 25.0 Å². The predicted octanol–water partition coefficient (Wildman–Crippen LogP) is 1.68. The molecule has 0 spiro atoms. The Morgan fingerprint density at radius 1 is 1.56 bits per heavy atom. The van der Waals surface area contributed by atoms with E-state index in [4.69, 9.17) is 0 Å². The van der Waals surface area contributed by atoms with Crippen LogP contribution in [0.25, 0.3) is 0 Å². The molecule has 88 valence electrons. The monoisotopic (exact) mass is 220 g/mol. The molecule has 1 unspecified atom stereocenters. The molecule has 1 aliphatic heterocycles. The van der Waals surface area contributed by atoms with Crippen LogP contribution in [0.5, 0.6) is 0 Å². The van der Waals surface area contributed by atoms with Crippen LogP contribution in [-0.4, -0.2) is 40.5 Å². The minimum Gasteiger partial charge on any atom is -0.350 e. The molecule has 1 aromatic rings. The molecule has 0 radical (unpaired) electrons. The summed E-state index contributed by atoms with van der Waals surface area (Å²) in [6, 6.07) is 2.42. The normalized spacial score (nSPS) is 22.0. The van der Waals surface area contributed by atoms with Crippen LogP contribution < -0.4 is 5.32 Å². The Hall–Kier alpha value is -1.16. The van der Waals surface area contributed by atoms with Gasteiger partial charge in [-0.05, 0) is 38.9 Å². The fourth-order valence-corrected chi connectivity index (χ4v) is 2.16. The summed E-state index contributed by atoms with van der Waals surface area (Å²) in [7, 11) is 0. The summed E-state index contributed by atoms with van der Waals surface area (Å²) >= 11 is 0. The lowest BCUT2D eigenvalue weighted by molar-refractivity contribution is 0.226. The average molecular weight is 220 g/mol. The van der Waals surface area contributed by atoms with E-state index in [0.29, 0.717) is 6.04 Å². The number of nitrogens with one attached hydrogen (secondary N) is 1. The Morgan fingerprint density at radius 3 is 3.19 bits per heavy atom. The largest absolute Gasteiger partial charge is 0.350 e. The van der Waals surface area contributed by atoms with E-state index < -0.39 is 0 Å². The molecule has 0 aromatic carbocycles. The van der Waals surface area contributed by atoms with Crippen molar-refractivity contribution in [2.45, 2.75) is 32.7 Å². The van der Waals surface area contributed by atoms with Gasteiger partial charge in [-0.15, -0.1) is 0 Å². The lowest BCUT2D eigenvalue weighted by Crippen LogP contribution is -2.42. The minimum absolute atomic E-state index is 0.496. The number of likely N-dealkylation sites (tertiary alicyclic amines) is 1. The van der Waals surface area contributed by atoms with Gasteiger partial charge in [0, 0.05) is 24.5 Å². The first-order valence-electron chi connectivity index (χ1n) is 6.06. The molecule has 1 atom stereocenters. The number of nitrogens with zero attached hydrogens (tertiary/aromatic N) is 3. The van der Waals surface area contributed by atoms with Crippen molar-refractivity contribution in [1.82, 2.24) is 14.9 Å². The second kappa shape index (κ2) is 5.25. The molecule has 4 heteroatoms. The van der Waals surface area contributed by atoms with E-state index in [1.165, 1.54) is 19.4 Å². The van der Waals surface area contributed by atoms with E-state index in [-0.39, 0.29) is 0 Å². The third kappa shape index (κ3) is 2.92. The van der Waals surface area contributed by atoms with E-state index in [1.807, 2.05) is 19.2 Å². The highest BCUT2D eigenvalue weighted by Crippen LogP contribution is 2.13. The van der Waals surface area contributed by atoms with Crippen molar-refractivity contribution in [3.63, 3.8) is 0 Å². The number of hydrogen-bond donors (Lipinski definition) is 1. The molecule has 0 amide bonds. The number of rotatable bonds is 3. The van der Waals surface area contributed by atoms with Crippen LogP contribution in [-0.2, 0) is 0 Å². The summed E-state index contributed by atoms with van der Waals surface area (Å²) in [6.07, 6.45) is 4.29. The van der Waals surface area contributed by atoms with Crippen molar-refractivity contribution in [3.8, 4) is 0 Å². The van der Waals surface area contributed by atoms with Crippen molar-refractivity contribution in [2.24, 2.45) is 0 Å². The predicted molar refractivity (Wildman–Crippen MR) is 65.5 cm³/mol. The highest BCUT2D eigenvalue weighted by Gasteiger charge is 2.18. The lowest BCUT2D eigenvalue weighted by atomic mass is 10.1. The summed E-state index contributed by atoms with van der Waals surface area (Å²) in [5.41, 5.74) is 1.01. The molecular formula is C12H20N4. The number of likely N-dealkylation sites (N-methyl/N-ethyl adjacent to an activating group) is 1. The third-order valence-corrected chi connectivity index (χ3v) is 3.08. The zero-order valence-corrected chi connectivity index (χ0v) is 10.1. The smallest absolute Gasteiger partial charge is 0.223 e. The second-order valence-corrected chi connectivity index (χ2v) is 4.40. The molecule has 1 N–H and O–H groups in total. The topological polar surface area (TPSA) is 41.0 Å². The van der Waals surface area contributed by atoms with Gasteiger partial charge >= 0.3 is 0 Å². The van der Waals surface area contributed by atoms with E-state index in [1.54, 1.807) is 0 Å². The maximum absolute atomic E-state index is 4.38. The number of aromatic nitrogens is 2. The molecule has 0 aliphatic carbocycles. The van der Waals surface area contributed by atoms with Gasteiger partial charge in [0.2, 0.25) is 5.95 Å². The molecule has 16 heavy (non-hydrogen) atoms. The Bertz CT molecular complexity index is 340.